The molecule has 366 valence electrons. The molecule has 0 spiro atoms. The van der Waals surface area contributed by atoms with Gasteiger partial charge in [-0.15, -0.1) is 0 Å². The van der Waals surface area contributed by atoms with Gasteiger partial charge in [0, 0.05) is 58.5 Å². The van der Waals surface area contributed by atoms with Crippen LogP contribution in [0, 0.1) is 35.5 Å². The maximum Gasteiger partial charge on any atom is 0.329 e. The number of ketones is 3. The molecule has 15 atom stereocenters. The third-order valence-electron chi connectivity index (χ3n) is 14.5. The van der Waals surface area contributed by atoms with E-state index < -0.39 is 83.9 Å². The number of allylic oxidation sites excluding steroid dienone is 6. The molecule has 14 heteroatoms. The number of amides is 1. The number of ether oxygens (including phenoxy) is 5. The summed E-state index contributed by atoms with van der Waals surface area (Å²) in [7, 11) is 4.52. The molecule has 14 nitrogen and oxygen atoms in total. The van der Waals surface area contributed by atoms with Gasteiger partial charge in [-0.2, -0.15) is 0 Å². The molecule has 4 aliphatic rings. The van der Waals surface area contributed by atoms with E-state index in [4.69, 9.17) is 23.7 Å². The van der Waals surface area contributed by atoms with E-state index >= 15 is 0 Å². The number of hydrogen-bond donors (Lipinski definition) is 3. The highest BCUT2D eigenvalue weighted by Gasteiger charge is 2.53. The Morgan fingerprint density at radius 1 is 0.846 bits per heavy atom. The van der Waals surface area contributed by atoms with Gasteiger partial charge < -0.3 is 43.9 Å². The molecule has 0 radical (unpaired) electrons. The third-order valence-corrected chi connectivity index (χ3v) is 14.5. The van der Waals surface area contributed by atoms with E-state index in [2.05, 4.69) is 0 Å². The fraction of sp³-hybridized carbons (Fsp3) is 0.745. The van der Waals surface area contributed by atoms with Crippen LogP contribution in [0.15, 0.2) is 47.6 Å². The molecule has 1 aliphatic carbocycles. The van der Waals surface area contributed by atoms with Crippen LogP contribution < -0.4 is 0 Å². The van der Waals surface area contributed by atoms with Gasteiger partial charge in [0.15, 0.2) is 5.78 Å². The van der Waals surface area contributed by atoms with Gasteiger partial charge >= 0.3 is 5.97 Å². The number of Topliss-reactive ketones (excluding diaryl/α,β-unsaturated/α-hetero) is 3. The van der Waals surface area contributed by atoms with E-state index in [9.17, 15) is 39.3 Å². The lowest BCUT2D eigenvalue weighted by molar-refractivity contribution is -0.265. The van der Waals surface area contributed by atoms with Crippen LogP contribution in [-0.2, 0) is 47.7 Å². The van der Waals surface area contributed by atoms with Gasteiger partial charge in [-0.25, -0.2) is 4.79 Å². The number of fused-ring (bicyclic) bond motifs is 3. The molecule has 3 aliphatic heterocycles. The van der Waals surface area contributed by atoms with Crippen molar-refractivity contribution in [3.63, 3.8) is 0 Å². The summed E-state index contributed by atoms with van der Waals surface area (Å²) in [5.41, 5.74) is 1.27. The Labute approximate surface area is 387 Å². The minimum atomic E-state index is -2.43. The average Bonchev–Trinajstić information content (AvgIpc) is 3.28. The zero-order valence-electron chi connectivity index (χ0n) is 40.6. The number of aliphatic hydroxyl groups is 3. The first kappa shape index (κ1) is 54.2. The third kappa shape index (κ3) is 14.3. The summed E-state index contributed by atoms with van der Waals surface area (Å²) in [6, 6.07) is -1.14. The Morgan fingerprint density at radius 3 is 2.25 bits per heavy atom. The predicted molar refractivity (Wildman–Crippen MR) is 245 cm³/mol. The molecule has 15 unspecified atom stereocenters. The highest BCUT2D eigenvalue weighted by molar-refractivity contribution is 6.39. The van der Waals surface area contributed by atoms with Crippen LogP contribution in [0.5, 0.6) is 0 Å². The normalized spacial score (nSPS) is 39.1. The first-order chi connectivity index (χ1) is 30.7. The van der Waals surface area contributed by atoms with Gasteiger partial charge in [0.2, 0.25) is 5.79 Å². The van der Waals surface area contributed by atoms with E-state index in [0.29, 0.717) is 63.4 Å². The highest BCUT2D eigenvalue weighted by Crippen LogP contribution is 2.38. The topological polar surface area (TPSA) is 195 Å². The lowest BCUT2D eigenvalue weighted by atomic mass is 9.78. The highest BCUT2D eigenvalue weighted by atomic mass is 16.6. The molecule has 65 heavy (non-hydrogen) atoms. The monoisotopic (exact) mass is 914 g/mol. The molecule has 2 bridgehead atoms. The van der Waals surface area contributed by atoms with Gasteiger partial charge in [0.05, 0.1) is 24.4 Å². The van der Waals surface area contributed by atoms with Crippen molar-refractivity contribution in [3.8, 4) is 0 Å². The number of cyclic esters (lactones) is 1. The summed E-state index contributed by atoms with van der Waals surface area (Å²) < 4.78 is 29.4. The largest absolute Gasteiger partial charge is 0.460 e. The first-order valence-electron chi connectivity index (χ1n) is 23.9. The Balaban J connectivity index is 1.70. The average molecular weight is 914 g/mol. The number of piperidine rings is 1. The summed E-state index contributed by atoms with van der Waals surface area (Å²) in [6.45, 7) is 12.7. The van der Waals surface area contributed by atoms with Crippen LogP contribution in [0.1, 0.15) is 126 Å². The maximum atomic E-state index is 14.4. The first-order valence-corrected chi connectivity index (χ1v) is 23.9. The Hall–Kier alpha value is -3.37. The lowest BCUT2D eigenvalue weighted by Gasteiger charge is -2.42. The zero-order chi connectivity index (χ0) is 48.2. The van der Waals surface area contributed by atoms with Crippen molar-refractivity contribution in [2.75, 3.05) is 27.9 Å². The van der Waals surface area contributed by atoms with Crippen molar-refractivity contribution in [1.29, 1.82) is 0 Å². The second-order valence-electron chi connectivity index (χ2n) is 19.6. The second kappa shape index (κ2) is 25.1. The van der Waals surface area contributed by atoms with Crippen molar-refractivity contribution in [1.82, 2.24) is 4.90 Å². The smallest absolute Gasteiger partial charge is 0.329 e. The summed E-state index contributed by atoms with van der Waals surface area (Å²) in [5.74, 6) is -7.96. The van der Waals surface area contributed by atoms with Gasteiger partial charge in [0.1, 0.15) is 30.1 Å². The van der Waals surface area contributed by atoms with E-state index in [1.54, 1.807) is 41.1 Å². The zero-order valence-corrected chi connectivity index (χ0v) is 40.6. The van der Waals surface area contributed by atoms with Gasteiger partial charge in [-0.1, -0.05) is 71.1 Å². The molecule has 0 aromatic rings. The number of hydrogen-bond acceptors (Lipinski definition) is 13. The van der Waals surface area contributed by atoms with Crippen molar-refractivity contribution in [3.05, 3.63) is 47.6 Å². The molecular formula is C51H79NO13. The fourth-order valence-corrected chi connectivity index (χ4v) is 10.1. The second-order valence-corrected chi connectivity index (χ2v) is 19.6. The van der Waals surface area contributed by atoms with Gasteiger partial charge in [-0.05, 0) is 107 Å². The standard InChI is InChI=1S/C51H79NO13/c1-30-16-12-11-13-17-31(2)42(61-8)28-38-21-19-36(7)51(60,65-38)48(57)49(58)52-23-15-14-18-39(52)50(59)64-43(33(4)26-37-20-22-40(53)44(27-37)62-9)29-41(54)32(3)25-35(6)46(56)47(63-10)45(55)34(5)24-30/h11-13,16-17,25,30,32-34,36-40,42-44,46-47,53,56,60H,14-15,18-24,26-29H2,1-10H3/b13-11?,16-12+,31-17?,35-25+. The SMILES string of the molecule is COC1CC2CCC(C)C(O)(O2)C(=O)C(=O)N2CCCCC2C(=O)OC(C(C)CC2CCC(O)C(OC)C2)CC(=O)C(C)/C=C(\C)C(O)C(OC)C(=O)C(C)CC(C)/C=C/C=CC=C1C. The molecule has 2 saturated heterocycles. The summed E-state index contributed by atoms with van der Waals surface area (Å²) in [6.07, 6.45) is 11.2. The van der Waals surface area contributed by atoms with Crippen LogP contribution in [0.25, 0.3) is 0 Å². The summed E-state index contributed by atoms with van der Waals surface area (Å²) in [5, 5.41) is 33.8. The van der Waals surface area contributed by atoms with Gasteiger partial charge in [0.25, 0.3) is 11.7 Å². The van der Waals surface area contributed by atoms with Crippen LogP contribution in [0.2, 0.25) is 0 Å². The van der Waals surface area contributed by atoms with Gasteiger partial charge in [-0.3, -0.25) is 19.2 Å². The minimum absolute atomic E-state index is 0.0193. The molecule has 1 amide bonds. The van der Waals surface area contributed by atoms with Crippen LogP contribution in [0.4, 0.5) is 0 Å². The van der Waals surface area contributed by atoms with E-state index in [-0.39, 0.29) is 54.8 Å². The number of aliphatic hydroxyl groups excluding tert-OH is 2. The number of methoxy groups -OCH3 is 3. The minimum Gasteiger partial charge on any atom is -0.460 e. The molecule has 3 N–H and O–H groups in total. The summed E-state index contributed by atoms with van der Waals surface area (Å²) >= 11 is 0. The number of carbonyl (C=O) groups is 5. The number of rotatable bonds is 6. The molecular weight excluding hydrogens is 835 g/mol. The summed E-state index contributed by atoms with van der Waals surface area (Å²) in [4.78, 5) is 71.8. The Kier molecular flexibility index (Phi) is 21.0. The molecule has 3 heterocycles. The molecule has 4 rings (SSSR count). The van der Waals surface area contributed by atoms with E-state index in [0.717, 1.165) is 12.0 Å². The molecule has 3 fully saturated rings. The lowest BCUT2D eigenvalue weighted by Crippen LogP contribution is -2.61. The number of carbonyl (C=O) groups excluding carboxylic acids is 5. The van der Waals surface area contributed by atoms with Crippen molar-refractivity contribution in [2.45, 2.75) is 180 Å². The van der Waals surface area contributed by atoms with Crippen molar-refractivity contribution < 1.29 is 63.0 Å². The van der Waals surface area contributed by atoms with Crippen LogP contribution in [0.3, 0.4) is 0 Å². The van der Waals surface area contributed by atoms with Crippen molar-refractivity contribution in [2.24, 2.45) is 35.5 Å². The van der Waals surface area contributed by atoms with E-state index in [1.165, 1.54) is 12.0 Å². The fourth-order valence-electron chi connectivity index (χ4n) is 10.1. The van der Waals surface area contributed by atoms with Crippen LogP contribution in [-0.4, -0.2) is 132 Å². The number of esters is 1. The Bertz CT molecular complexity index is 1760. The van der Waals surface area contributed by atoms with Crippen molar-refractivity contribution >= 4 is 29.2 Å². The number of nitrogens with zero attached hydrogens (tertiary/aromatic N) is 1. The molecule has 0 aromatic carbocycles. The molecule has 0 aromatic heterocycles. The predicted octanol–water partition coefficient (Wildman–Crippen LogP) is 6.18. The van der Waals surface area contributed by atoms with Crippen LogP contribution >= 0.6 is 0 Å². The molecule has 1 saturated carbocycles. The van der Waals surface area contributed by atoms with E-state index in [1.807, 2.05) is 58.1 Å². The quantitative estimate of drug-likeness (QED) is 0.156. The maximum absolute atomic E-state index is 14.4. The Morgan fingerprint density at radius 2 is 1.57 bits per heavy atom.